The number of nitrogens with one attached hydrogen (secondary N) is 2. The third-order valence-electron chi connectivity index (χ3n) is 3.93. The fraction of sp³-hybridized carbons (Fsp3) is 0.263. The molecule has 2 aromatic carbocycles. The second-order valence-electron chi connectivity index (χ2n) is 5.46. The van der Waals surface area contributed by atoms with E-state index in [1.54, 1.807) is 24.3 Å². The van der Waals surface area contributed by atoms with Crippen molar-refractivity contribution in [1.29, 1.82) is 0 Å². The normalized spacial score (nSPS) is 10.1. The first-order valence-electron chi connectivity index (χ1n) is 7.92. The van der Waals surface area contributed by atoms with Gasteiger partial charge in [-0.2, -0.15) is 0 Å². The number of ether oxygens (including phenoxy) is 2. The lowest BCUT2D eigenvalue weighted by Crippen LogP contribution is -2.41. The van der Waals surface area contributed by atoms with Crippen LogP contribution >= 0.6 is 0 Å². The molecule has 0 bridgehead atoms. The number of methoxy groups -OCH3 is 2. The third kappa shape index (κ3) is 4.29. The summed E-state index contributed by atoms with van der Waals surface area (Å²) < 4.78 is 10.5. The zero-order chi connectivity index (χ0) is 18.4. The molecule has 0 fully saturated rings. The Morgan fingerprint density at radius 1 is 0.880 bits per heavy atom. The van der Waals surface area contributed by atoms with Crippen LogP contribution in [-0.4, -0.2) is 26.0 Å². The van der Waals surface area contributed by atoms with E-state index < -0.39 is 5.91 Å². The molecule has 132 valence electrons. The van der Waals surface area contributed by atoms with E-state index >= 15 is 0 Å². The Bertz CT molecular complexity index is 744. The smallest absolute Gasteiger partial charge is 0.269 e. The Labute approximate surface area is 147 Å². The van der Waals surface area contributed by atoms with Crippen LogP contribution in [-0.2, 0) is 6.42 Å². The summed E-state index contributed by atoms with van der Waals surface area (Å²) >= 11 is 0. The number of amides is 2. The van der Waals surface area contributed by atoms with Crippen LogP contribution in [0.2, 0.25) is 0 Å². The first kappa shape index (κ1) is 18.3. The van der Waals surface area contributed by atoms with E-state index in [1.165, 1.54) is 14.2 Å². The molecule has 0 aliphatic carbocycles. The Morgan fingerprint density at radius 3 is 1.80 bits per heavy atom. The summed E-state index contributed by atoms with van der Waals surface area (Å²) in [5, 5.41) is 0. The van der Waals surface area contributed by atoms with Gasteiger partial charge in [-0.25, -0.2) is 0 Å². The fourth-order valence-electron chi connectivity index (χ4n) is 2.37. The van der Waals surface area contributed by atoms with Gasteiger partial charge in [-0.3, -0.25) is 20.4 Å². The van der Waals surface area contributed by atoms with Crippen LogP contribution < -0.4 is 20.3 Å². The quantitative estimate of drug-likeness (QED) is 0.819. The van der Waals surface area contributed by atoms with Gasteiger partial charge >= 0.3 is 0 Å². The van der Waals surface area contributed by atoms with Crippen molar-refractivity contribution < 1.29 is 19.1 Å². The van der Waals surface area contributed by atoms with E-state index in [9.17, 15) is 9.59 Å². The number of benzene rings is 2. The second kappa shape index (κ2) is 8.19. The number of hydrogen-bond acceptors (Lipinski definition) is 4. The second-order valence-corrected chi connectivity index (χ2v) is 5.46. The number of hydrazine groups is 1. The van der Waals surface area contributed by atoms with Crippen molar-refractivity contribution in [1.82, 2.24) is 10.9 Å². The summed E-state index contributed by atoms with van der Waals surface area (Å²) in [6, 6.07) is 10.4. The first-order chi connectivity index (χ1) is 12.0. The zero-order valence-electron chi connectivity index (χ0n) is 14.8. The van der Waals surface area contributed by atoms with Crippen LogP contribution in [0.3, 0.4) is 0 Å². The van der Waals surface area contributed by atoms with Crippen LogP contribution in [0.1, 0.15) is 38.8 Å². The molecule has 0 aliphatic heterocycles. The van der Waals surface area contributed by atoms with Crippen LogP contribution in [0.15, 0.2) is 36.4 Å². The lowest BCUT2D eigenvalue weighted by atomic mass is 10.1. The minimum Gasteiger partial charge on any atom is -0.496 e. The van der Waals surface area contributed by atoms with Gasteiger partial charge in [-0.15, -0.1) is 0 Å². The molecule has 2 aromatic rings. The number of hydrogen-bond donors (Lipinski definition) is 2. The summed E-state index contributed by atoms with van der Waals surface area (Å²) in [6.07, 6.45) is 0.899. The van der Waals surface area contributed by atoms with E-state index in [1.807, 2.05) is 26.0 Å². The topological polar surface area (TPSA) is 76.7 Å². The van der Waals surface area contributed by atoms with E-state index in [2.05, 4.69) is 10.9 Å². The van der Waals surface area contributed by atoms with Gasteiger partial charge in [-0.05, 0) is 43.2 Å². The van der Waals surface area contributed by atoms with E-state index in [-0.39, 0.29) is 5.91 Å². The number of aryl methyl sites for hydroxylation is 1. The Balaban J connectivity index is 2.07. The molecule has 0 aliphatic rings. The molecule has 0 heterocycles. The summed E-state index contributed by atoms with van der Waals surface area (Å²) in [4.78, 5) is 24.4. The minimum absolute atomic E-state index is 0.320. The SMILES string of the molecule is CCc1ccc(C(=O)NNC(=O)c2cc(OC)c(C)c(OC)c2)cc1. The van der Waals surface area contributed by atoms with Gasteiger partial charge in [0.05, 0.1) is 14.2 Å². The summed E-state index contributed by atoms with van der Waals surface area (Å²) in [6.45, 7) is 3.88. The fourth-order valence-corrected chi connectivity index (χ4v) is 2.37. The minimum atomic E-state index is -0.463. The van der Waals surface area contributed by atoms with Gasteiger partial charge in [0.2, 0.25) is 0 Å². The predicted molar refractivity (Wildman–Crippen MR) is 95.0 cm³/mol. The molecule has 0 saturated carbocycles. The predicted octanol–water partition coefficient (Wildman–Crippen LogP) is 2.65. The van der Waals surface area contributed by atoms with Gasteiger partial charge in [0, 0.05) is 16.7 Å². The highest BCUT2D eigenvalue weighted by Crippen LogP contribution is 2.29. The molecule has 0 spiro atoms. The molecular formula is C19H22N2O4. The molecule has 0 unspecified atom stereocenters. The molecule has 6 nitrogen and oxygen atoms in total. The van der Waals surface area contributed by atoms with Gasteiger partial charge in [0.15, 0.2) is 0 Å². The molecule has 0 atom stereocenters. The van der Waals surface area contributed by atoms with Crippen molar-refractivity contribution in [2.75, 3.05) is 14.2 Å². The maximum atomic E-state index is 12.3. The molecule has 2 amide bonds. The average molecular weight is 342 g/mol. The van der Waals surface area contributed by atoms with Gasteiger partial charge in [0.25, 0.3) is 11.8 Å². The van der Waals surface area contributed by atoms with Gasteiger partial charge in [-0.1, -0.05) is 19.1 Å². The highest BCUT2D eigenvalue weighted by atomic mass is 16.5. The summed E-state index contributed by atoms with van der Waals surface area (Å²) in [5.74, 6) is 0.217. The monoisotopic (exact) mass is 342 g/mol. The standard InChI is InChI=1S/C19H22N2O4/c1-5-13-6-8-14(9-7-13)18(22)20-21-19(23)15-10-16(24-3)12(2)17(11-15)25-4/h6-11H,5H2,1-4H3,(H,20,22)(H,21,23). The largest absolute Gasteiger partial charge is 0.496 e. The summed E-state index contributed by atoms with van der Waals surface area (Å²) in [5.41, 5.74) is 7.52. The maximum Gasteiger partial charge on any atom is 0.269 e. The molecular weight excluding hydrogens is 320 g/mol. The van der Waals surface area contributed by atoms with Crippen LogP contribution in [0.25, 0.3) is 0 Å². The van der Waals surface area contributed by atoms with Crippen molar-refractivity contribution in [3.63, 3.8) is 0 Å². The summed E-state index contributed by atoms with van der Waals surface area (Å²) in [7, 11) is 3.04. The number of carbonyl (C=O) groups is 2. The van der Waals surface area contributed by atoms with Gasteiger partial charge < -0.3 is 9.47 Å². The lowest BCUT2D eigenvalue weighted by Gasteiger charge is -2.13. The Kier molecular flexibility index (Phi) is 6.00. The maximum absolute atomic E-state index is 12.3. The van der Waals surface area contributed by atoms with E-state index in [0.717, 1.165) is 17.5 Å². The van der Waals surface area contributed by atoms with E-state index in [0.29, 0.717) is 22.6 Å². The van der Waals surface area contributed by atoms with Crippen molar-refractivity contribution in [3.8, 4) is 11.5 Å². The number of carbonyl (C=O) groups excluding carboxylic acids is 2. The number of rotatable bonds is 5. The highest BCUT2D eigenvalue weighted by Gasteiger charge is 2.14. The highest BCUT2D eigenvalue weighted by molar-refractivity contribution is 5.99. The van der Waals surface area contributed by atoms with Crippen molar-refractivity contribution >= 4 is 11.8 Å². The molecule has 2 rings (SSSR count). The molecule has 0 saturated heterocycles. The Hall–Kier alpha value is -3.02. The van der Waals surface area contributed by atoms with Crippen molar-refractivity contribution in [2.45, 2.75) is 20.3 Å². The van der Waals surface area contributed by atoms with Crippen molar-refractivity contribution in [3.05, 3.63) is 58.7 Å². The zero-order valence-corrected chi connectivity index (χ0v) is 14.8. The average Bonchev–Trinajstić information content (AvgIpc) is 2.66. The first-order valence-corrected chi connectivity index (χ1v) is 7.92. The van der Waals surface area contributed by atoms with E-state index in [4.69, 9.17) is 9.47 Å². The molecule has 6 heteroatoms. The lowest BCUT2D eigenvalue weighted by molar-refractivity contribution is 0.0846. The van der Waals surface area contributed by atoms with Gasteiger partial charge in [0.1, 0.15) is 11.5 Å². The molecule has 0 radical (unpaired) electrons. The third-order valence-corrected chi connectivity index (χ3v) is 3.93. The van der Waals surface area contributed by atoms with Crippen molar-refractivity contribution in [2.24, 2.45) is 0 Å². The molecule has 25 heavy (non-hydrogen) atoms. The van der Waals surface area contributed by atoms with Crippen LogP contribution in [0.4, 0.5) is 0 Å². The van der Waals surface area contributed by atoms with Crippen LogP contribution in [0, 0.1) is 6.92 Å². The molecule has 2 N–H and O–H groups in total. The van der Waals surface area contributed by atoms with Crippen LogP contribution in [0.5, 0.6) is 11.5 Å². The Morgan fingerprint density at radius 2 is 1.36 bits per heavy atom. The molecule has 0 aromatic heterocycles.